The Morgan fingerprint density at radius 3 is 2.72 bits per heavy atom. The van der Waals surface area contributed by atoms with E-state index in [0.717, 1.165) is 64.9 Å². The van der Waals surface area contributed by atoms with Crippen LogP contribution in [-0.2, 0) is 14.3 Å². The van der Waals surface area contributed by atoms with Gasteiger partial charge < -0.3 is 14.8 Å². The van der Waals surface area contributed by atoms with E-state index in [2.05, 4.69) is 5.32 Å². The Labute approximate surface area is 108 Å². The zero-order valence-electron chi connectivity index (χ0n) is 11.0. The fourth-order valence-corrected chi connectivity index (χ4v) is 3.57. The first kappa shape index (κ1) is 12.6. The van der Waals surface area contributed by atoms with Gasteiger partial charge in [-0.25, -0.2) is 0 Å². The smallest absolute Gasteiger partial charge is 0.153 e. The van der Waals surface area contributed by atoms with E-state index < -0.39 is 0 Å². The Morgan fingerprint density at radius 2 is 2.00 bits per heavy atom. The first-order valence-electron chi connectivity index (χ1n) is 7.28. The molecule has 0 radical (unpaired) electrons. The third-order valence-corrected chi connectivity index (χ3v) is 4.70. The van der Waals surface area contributed by atoms with Gasteiger partial charge in [0.25, 0.3) is 0 Å². The van der Waals surface area contributed by atoms with E-state index in [9.17, 15) is 4.79 Å². The molecule has 18 heavy (non-hydrogen) atoms. The molecule has 3 rings (SSSR count). The van der Waals surface area contributed by atoms with Crippen molar-refractivity contribution in [3.63, 3.8) is 0 Å². The molecular formula is C14H23NO3. The van der Waals surface area contributed by atoms with Gasteiger partial charge in [0.15, 0.2) is 5.78 Å². The van der Waals surface area contributed by atoms with E-state index in [0.29, 0.717) is 5.78 Å². The lowest BCUT2D eigenvalue weighted by atomic mass is 9.77. The van der Waals surface area contributed by atoms with Gasteiger partial charge in [0.1, 0.15) is 0 Å². The molecule has 2 unspecified atom stereocenters. The summed E-state index contributed by atoms with van der Waals surface area (Å²) in [5.41, 5.74) is -0.0601. The van der Waals surface area contributed by atoms with Gasteiger partial charge in [-0.05, 0) is 45.1 Å². The number of rotatable bonds is 2. The van der Waals surface area contributed by atoms with Gasteiger partial charge in [-0.1, -0.05) is 0 Å². The average molecular weight is 253 g/mol. The first-order chi connectivity index (χ1) is 8.79. The Morgan fingerprint density at radius 1 is 1.17 bits per heavy atom. The first-order valence-corrected chi connectivity index (χ1v) is 7.28. The minimum Gasteiger partial charge on any atom is -0.381 e. The summed E-state index contributed by atoms with van der Waals surface area (Å²) < 4.78 is 11.4. The van der Waals surface area contributed by atoms with Gasteiger partial charge in [-0.3, -0.25) is 4.79 Å². The van der Waals surface area contributed by atoms with Crippen molar-refractivity contribution in [2.75, 3.05) is 26.4 Å². The van der Waals surface area contributed by atoms with Crippen LogP contribution < -0.4 is 5.32 Å². The highest BCUT2D eigenvalue weighted by Crippen LogP contribution is 2.38. The van der Waals surface area contributed by atoms with Gasteiger partial charge in [0, 0.05) is 25.7 Å². The van der Waals surface area contributed by atoms with Crippen molar-refractivity contribution in [1.29, 1.82) is 0 Å². The Kier molecular flexibility index (Phi) is 3.68. The summed E-state index contributed by atoms with van der Waals surface area (Å²) in [6, 6.07) is 0.116. The van der Waals surface area contributed by atoms with Crippen LogP contribution in [0.15, 0.2) is 0 Å². The number of Topliss-reactive ketones (excluding diaryl/α,β-unsaturated/α-hetero) is 1. The zero-order chi connectivity index (χ0) is 12.4. The van der Waals surface area contributed by atoms with E-state index in [1.807, 2.05) is 0 Å². The summed E-state index contributed by atoms with van der Waals surface area (Å²) in [6.45, 7) is 3.30. The number of hydrogen-bond donors (Lipinski definition) is 1. The molecule has 0 bridgehead atoms. The molecule has 3 aliphatic heterocycles. The molecular weight excluding hydrogens is 230 g/mol. The maximum Gasteiger partial charge on any atom is 0.153 e. The summed E-state index contributed by atoms with van der Waals surface area (Å²) in [6.07, 6.45) is 5.88. The van der Waals surface area contributed by atoms with Crippen molar-refractivity contribution in [2.45, 2.75) is 50.2 Å². The number of nitrogens with one attached hydrogen (secondary N) is 1. The molecule has 3 aliphatic rings. The number of ketones is 1. The topological polar surface area (TPSA) is 47.6 Å². The highest BCUT2D eigenvalue weighted by Gasteiger charge is 2.42. The molecule has 3 heterocycles. The second kappa shape index (κ2) is 5.27. The van der Waals surface area contributed by atoms with Crippen molar-refractivity contribution < 1.29 is 14.3 Å². The molecule has 102 valence electrons. The van der Waals surface area contributed by atoms with E-state index in [1.54, 1.807) is 0 Å². The molecule has 0 aromatic carbocycles. The summed E-state index contributed by atoms with van der Waals surface area (Å²) in [5.74, 6) is 0.633. The summed E-state index contributed by atoms with van der Waals surface area (Å²) >= 11 is 0. The third kappa shape index (κ3) is 2.46. The predicted molar refractivity (Wildman–Crippen MR) is 67.5 cm³/mol. The molecule has 0 aromatic rings. The highest BCUT2D eigenvalue weighted by molar-refractivity contribution is 5.86. The lowest BCUT2D eigenvalue weighted by Crippen LogP contribution is -2.48. The van der Waals surface area contributed by atoms with E-state index in [1.165, 1.54) is 0 Å². The lowest BCUT2D eigenvalue weighted by molar-refractivity contribution is -0.157. The summed E-state index contributed by atoms with van der Waals surface area (Å²) in [4.78, 5) is 12.5. The predicted octanol–water partition coefficient (Wildman–Crippen LogP) is 1.28. The number of carbonyl (C=O) groups excluding carboxylic acids is 1. The molecule has 0 saturated carbocycles. The molecule has 3 saturated heterocycles. The number of carbonyl (C=O) groups is 1. The monoisotopic (exact) mass is 253 g/mol. The van der Waals surface area contributed by atoms with Crippen LogP contribution in [0, 0.1) is 5.92 Å². The summed E-state index contributed by atoms with van der Waals surface area (Å²) in [5, 5.41) is 3.33. The molecule has 0 aromatic heterocycles. The highest BCUT2D eigenvalue weighted by atomic mass is 16.5. The molecule has 3 fully saturated rings. The van der Waals surface area contributed by atoms with Gasteiger partial charge in [-0.15, -0.1) is 0 Å². The van der Waals surface area contributed by atoms with Gasteiger partial charge in [-0.2, -0.15) is 0 Å². The van der Waals surface area contributed by atoms with Gasteiger partial charge >= 0.3 is 0 Å². The second-order valence-corrected chi connectivity index (χ2v) is 5.88. The maximum atomic E-state index is 12.5. The lowest BCUT2D eigenvalue weighted by Gasteiger charge is -2.43. The maximum absolute atomic E-state index is 12.5. The second-order valence-electron chi connectivity index (χ2n) is 5.88. The largest absolute Gasteiger partial charge is 0.381 e. The Bertz CT molecular complexity index is 301. The minimum atomic E-state index is -0.0601. The molecule has 1 N–H and O–H groups in total. The van der Waals surface area contributed by atoms with Crippen molar-refractivity contribution >= 4 is 5.78 Å². The number of hydrogen-bond acceptors (Lipinski definition) is 4. The van der Waals surface area contributed by atoms with Crippen molar-refractivity contribution in [2.24, 2.45) is 5.92 Å². The normalized spacial score (nSPS) is 35.8. The van der Waals surface area contributed by atoms with Crippen molar-refractivity contribution in [3.05, 3.63) is 0 Å². The fourth-order valence-electron chi connectivity index (χ4n) is 3.57. The third-order valence-electron chi connectivity index (χ3n) is 4.70. The van der Waals surface area contributed by atoms with Crippen LogP contribution in [-0.4, -0.2) is 43.8 Å². The fraction of sp³-hybridized carbons (Fsp3) is 0.929. The van der Waals surface area contributed by atoms with Crippen LogP contribution in [0.5, 0.6) is 0 Å². The van der Waals surface area contributed by atoms with Crippen molar-refractivity contribution in [3.8, 4) is 0 Å². The quantitative estimate of drug-likeness (QED) is 0.805. The summed E-state index contributed by atoms with van der Waals surface area (Å²) in [7, 11) is 0. The molecule has 0 aliphatic carbocycles. The van der Waals surface area contributed by atoms with Crippen LogP contribution >= 0.6 is 0 Å². The Hall–Kier alpha value is -0.450. The van der Waals surface area contributed by atoms with Crippen LogP contribution in [0.25, 0.3) is 0 Å². The van der Waals surface area contributed by atoms with Crippen LogP contribution in [0.4, 0.5) is 0 Å². The molecule has 4 nitrogen and oxygen atoms in total. The van der Waals surface area contributed by atoms with Gasteiger partial charge in [0.2, 0.25) is 0 Å². The van der Waals surface area contributed by atoms with Crippen LogP contribution in [0.3, 0.4) is 0 Å². The van der Waals surface area contributed by atoms with Crippen molar-refractivity contribution in [1.82, 2.24) is 5.32 Å². The van der Waals surface area contributed by atoms with E-state index >= 15 is 0 Å². The van der Waals surface area contributed by atoms with Gasteiger partial charge in [0.05, 0.1) is 11.6 Å². The van der Waals surface area contributed by atoms with E-state index in [4.69, 9.17) is 9.47 Å². The standard InChI is InChI=1S/C14H23NO3/c16-13(12-2-1-6-15-12)11-3-7-18-14(10-11)4-8-17-9-5-14/h11-12,15H,1-10H2. The SMILES string of the molecule is O=C(C1CCOC2(CCOCC2)C1)C1CCCN1. The number of ether oxygens (including phenoxy) is 2. The van der Waals surface area contributed by atoms with E-state index in [-0.39, 0.29) is 17.6 Å². The minimum absolute atomic E-state index is 0.0601. The van der Waals surface area contributed by atoms with Crippen LogP contribution in [0.2, 0.25) is 0 Å². The molecule has 1 spiro atoms. The van der Waals surface area contributed by atoms with Crippen LogP contribution in [0.1, 0.15) is 38.5 Å². The Balaban J connectivity index is 1.64. The molecule has 4 heteroatoms. The average Bonchev–Trinajstić information content (AvgIpc) is 2.93. The zero-order valence-corrected chi connectivity index (χ0v) is 11.0. The molecule has 2 atom stereocenters. The molecule has 0 amide bonds.